The van der Waals surface area contributed by atoms with E-state index < -0.39 is 5.97 Å². The Balaban J connectivity index is 2.03. The molecule has 1 N–H and O–H groups in total. The van der Waals surface area contributed by atoms with Gasteiger partial charge in [0.15, 0.2) is 5.16 Å². The lowest BCUT2D eigenvalue weighted by molar-refractivity contribution is -0.141. The Hall–Kier alpha value is -1.10. The summed E-state index contributed by atoms with van der Waals surface area (Å²) in [5.74, 6) is -0.933. The highest BCUT2D eigenvalue weighted by Gasteiger charge is 2.34. The number of aryl methyl sites for hydroxylation is 1. The highest BCUT2D eigenvalue weighted by Crippen LogP contribution is 2.37. The van der Waals surface area contributed by atoms with Crippen molar-refractivity contribution in [3.8, 4) is 0 Å². The van der Waals surface area contributed by atoms with Gasteiger partial charge in [0.1, 0.15) is 0 Å². The third-order valence-corrected chi connectivity index (χ3v) is 4.07. The van der Waals surface area contributed by atoms with Gasteiger partial charge in [-0.15, -0.1) is 0 Å². The molecule has 4 nitrogen and oxygen atoms in total. The maximum absolute atomic E-state index is 11.0. The molecule has 1 saturated carbocycles. The highest BCUT2D eigenvalue weighted by molar-refractivity contribution is 7.99. The van der Waals surface area contributed by atoms with Gasteiger partial charge in [-0.1, -0.05) is 18.2 Å². The van der Waals surface area contributed by atoms with Crippen LogP contribution in [0.2, 0.25) is 0 Å². The van der Waals surface area contributed by atoms with Gasteiger partial charge >= 0.3 is 5.97 Å². The molecule has 2 unspecified atom stereocenters. The van der Waals surface area contributed by atoms with Crippen LogP contribution in [0.25, 0.3) is 0 Å². The molecule has 86 valence electrons. The molecule has 0 amide bonds. The summed E-state index contributed by atoms with van der Waals surface area (Å²) in [7, 11) is 0. The normalized spacial score (nSPS) is 24.6. The zero-order valence-electron chi connectivity index (χ0n) is 9.09. The second-order valence-electron chi connectivity index (χ2n) is 4.07. The van der Waals surface area contributed by atoms with E-state index in [4.69, 9.17) is 5.11 Å². The molecule has 16 heavy (non-hydrogen) atoms. The zero-order valence-corrected chi connectivity index (χ0v) is 9.91. The number of rotatable bonds is 3. The minimum absolute atomic E-state index is 0.125. The van der Waals surface area contributed by atoms with E-state index in [-0.39, 0.29) is 11.2 Å². The number of carboxylic acid groups (broad SMARTS) is 1. The van der Waals surface area contributed by atoms with E-state index in [1.165, 1.54) is 11.8 Å². The van der Waals surface area contributed by atoms with Gasteiger partial charge < -0.3 is 5.11 Å². The third kappa shape index (κ3) is 2.52. The van der Waals surface area contributed by atoms with Gasteiger partial charge in [-0.2, -0.15) is 0 Å². The molecule has 2 rings (SSSR count). The summed E-state index contributed by atoms with van der Waals surface area (Å²) in [5, 5.41) is 9.86. The lowest BCUT2D eigenvalue weighted by atomic mass is 10.1. The van der Waals surface area contributed by atoms with Gasteiger partial charge in [-0.3, -0.25) is 4.79 Å². The number of nitrogens with zero attached hydrogens (tertiary/aromatic N) is 2. The van der Waals surface area contributed by atoms with Crippen LogP contribution in [0.3, 0.4) is 0 Å². The molecule has 0 saturated heterocycles. The number of aliphatic carboxylic acids is 1. The fourth-order valence-electron chi connectivity index (χ4n) is 1.93. The highest BCUT2D eigenvalue weighted by atomic mass is 32.2. The van der Waals surface area contributed by atoms with Crippen LogP contribution in [-0.4, -0.2) is 26.3 Å². The molecule has 0 aliphatic heterocycles. The van der Waals surface area contributed by atoms with Crippen molar-refractivity contribution < 1.29 is 9.90 Å². The van der Waals surface area contributed by atoms with Crippen molar-refractivity contribution in [2.45, 2.75) is 36.6 Å². The molecule has 2 atom stereocenters. The van der Waals surface area contributed by atoms with Crippen LogP contribution in [0.4, 0.5) is 0 Å². The number of hydrogen-bond donors (Lipinski definition) is 1. The van der Waals surface area contributed by atoms with Gasteiger partial charge in [0, 0.05) is 17.6 Å². The van der Waals surface area contributed by atoms with Crippen molar-refractivity contribution in [3.63, 3.8) is 0 Å². The maximum Gasteiger partial charge on any atom is 0.307 e. The first-order valence-corrected chi connectivity index (χ1v) is 6.23. The average Bonchev–Trinajstić information content (AvgIpc) is 2.69. The average molecular weight is 238 g/mol. The monoisotopic (exact) mass is 238 g/mol. The Morgan fingerprint density at radius 2 is 2.12 bits per heavy atom. The first-order valence-electron chi connectivity index (χ1n) is 5.35. The number of aromatic nitrogens is 2. The molecule has 1 fully saturated rings. The van der Waals surface area contributed by atoms with E-state index in [1.54, 1.807) is 12.4 Å². The molecular weight excluding hydrogens is 224 g/mol. The predicted molar refractivity (Wildman–Crippen MR) is 61.4 cm³/mol. The topological polar surface area (TPSA) is 63.1 Å². The van der Waals surface area contributed by atoms with E-state index in [0.717, 1.165) is 24.8 Å². The molecule has 0 radical (unpaired) electrons. The van der Waals surface area contributed by atoms with E-state index >= 15 is 0 Å². The number of carbonyl (C=O) groups is 1. The van der Waals surface area contributed by atoms with Gasteiger partial charge in [0.05, 0.1) is 5.92 Å². The van der Waals surface area contributed by atoms with Gasteiger partial charge in [-0.05, 0) is 25.3 Å². The van der Waals surface area contributed by atoms with Crippen LogP contribution in [-0.2, 0) is 4.79 Å². The Morgan fingerprint density at radius 3 is 2.75 bits per heavy atom. The number of carboxylic acids is 1. The molecule has 0 bridgehead atoms. The third-order valence-electron chi connectivity index (χ3n) is 2.78. The van der Waals surface area contributed by atoms with Crippen LogP contribution in [0.1, 0.15) is 24.8 Å². The van der Waals surface area contributed by atoms with Crippen molar-refractivity contribution in [3.05, 3.63) is 18.0 Å². The lowest BCUT2D eigenvalue weighted by Crippen LogP contribution is -2.20. The lowest BCUT2D eigenvalue weighted by Gasteiger charge is -2.13. The van der Waals surface area contributed by atoms with Crippen LogP contribution in [0.5, 0.6) is 0 Å². The van der Waals surface area contributed by atoms with E-state index in [0.29, 0.717) is 5.16 Å². The molecule has 1 aliphatic carbocycles. The molecule has 1 heterocycles. The summed E-state index contributed by atoms with van der Waals surface area (Å²) in [5.41, 5.74) is 1.02. The molecule has 1 aromatic rings. The quantitative estimate of drug-likeness (QED) is 0.817. The predicted octanol–water partition coefficient (Wildman–Crippen LogP) is 2.13. The summed E-state index contributed by atoms with van der Waals surface area (Å²) in [6, 6.07) is 0. The molecule has 0 spiro atoms. The van der Waals surface area contributed by atoms with Crippen LogP contribution >= 0.6 is 11.8 Å². The Labute approximate surface area is 98.5 Å². The molecule has 1 aromatic heterocycles. The van der Waals surface area contributed by atoms with E-state index in [1.807, 2.05) is 6.92 Å². The fraction of sp³-hybridized carbons (Fsp3) is 0.545. The molecule has 0 aromatic carbocycles. The first-order chi connectivity index (χ1) is 7.66. The maximum atomic E-state index is 11.0. The summed E-state index contributed by atoms with van der Waals surface area (Å²) < 4.78 is 0. The van der Waals surface area contributed by atoms with Crippen molar-refractivity contribution in [2.24, 2.45) is 5.92 Å². The Bertz CT molecular complexity index is 380. The fourth-order valence-corrected chi connectivity index (χ4v) is 3.13. The van der Waals surface area contributed by atoms with Crippen molar-refractivity contribution in [1.29, 1.82) is 0 Å². The van der Waals surface area contributed by atoms with Crippen LogP contribution < -0.4 is 0 Å². The number of thioether (sulfide) groups is 1. The summed E-state index contributed by atoms with van der Waals surface area (Å²) in [4.78, 5) is 19.4. The Kier molecular flexibility index (Phi) is 3.43. The van der Waals surface area contributed by atoms with Gasteiger partial charge in [0.25, 0.3) is 0 Å². The van der Waals surface area contributed by atoms with Gasteiger partial charge in [-0.25, -0.2) is 9.97 Å². The zero-order chi connectivity index (χ0) is 11.5. The minimum atomic E-state index is -0.692. The summed E-state index contributed by atoms with van der Waals surface area (Å²) >= 11 is 1.49. The second kappa shape index (κ2) is 4.82. The number of hydrogen-bond acceptors (Lipinski definition) is 4. The smallest absolute Gasteiger partial charge is 0.307 e. The van der Waals surface area contributed by atoms with Crippen LogP contribution in [0.15, 0.2) is 17.6 Å². The largest absolute Gasteiger partial charge is 0.481 e. The van der Waals surface area contributed by atoms with E-state index in [9.17, 15) is 4.79 Å². The standard InChI is InChI=1S/C11H14N2O2S/c1-7-5-12-11(13-6-7)16-9-4-2-3-8(9)10(14)15/h5-6,8-9H,2-4H2,1H3,(H,14,15). The molecule has 1 aliphatic rings. The first kappa shape index (κ1) is 11.4. The SMILES string of the molecule is Cc1cnc(SC2CCCC2C(=O)O)nc1. The Morgan fingerprint density at radius 1 is 1.44 bits per heavy atom. The van der Waals surface area contributed by atoms with E-state index in [2.05, 4.69) is 9.97 Å². The minimum Gasteiger partial charge on any atom is -0.481 e. The van der Waals surface area contributed by atoms with Gasteiger partial charge in [0.2, 0.25) is 0 Å². The summed E-state index contributed by atoms with van der Waals surface area (Å²) in [6.45, 7) is 1.93. The molecule has 5 heteroatoms. The van der Waals surface area contributed by atoms with Crippen molar-refractivity contribution in [2.75, 3.05) is 0 Å². The second-order valence-corrected chi connectivity index (χ2v) is 5.28. The van der Waals surface area contributed by atoms with Crippen molar-refractivity contribution >= 4 is 17.7 Å². The van der Waals surface area contributed by atoms with Crippen LogP contribution in [0, 0.1) is 12.8 Å². The summed E-state index contributed by atoms with van der Waals surface area (Å²) in [6.07, 6.45) is 6.23. The molecular formula is C11H14N2O2S. The van der Waals surface area contributed by atoms with Crippen molar-refractivity contribution in [1.82, 2.24) is 9.97 Å².